The largest absolute Gasteiger partial charge is 0.434 e. The fourth-order valence-corrected chi connectivity index (χ4v) is 6.75. The van der Waals surface area contributed by atoms with Crippen molar-refractivity contribution in [1.82, 2.24) is 29.9 Å². The van der Waals surface area contributed by atoms with Crippen molar-refractivity contribution in [1.29, 1.82) is 0 Å². The van der Waals surface area contributed by atoms with Gasteiger partial charge < -0.3 is 24.2 Å². The van der Waals surface area contributed by atoms with Crippen LogP contribution in [0.2, 0.25) is 0 Å². The smallest absolute Gasteiger partial charge is 0.282 e. The topological polar surface area (TPSA) is 87.2 Å². The molecule has 4 rings (SSSR count). The summed E-state index contributed by atoms with van der Waals surface area (Å²) in [5, 5.41) is 8.23. The lowest BCUT2D eigenvalue weighted by atomic mass is 9.76. The van der Waals surface area contributed by atoms with Gasteiger partial charge in [0.1, 0.15) is 17.9 Å². The quantitative estimate of drug-likeness (QED) is 0.277. The van der Waals surface area contributed by atoms with Crippen LogP contribution in [0.15, 0.2) is 24.5 Å². The lowest BCUT2D eigenvalue weighted by molar-refractivity contribution is -0.0356. The molecule has 1 spiro atoms. The van der Waals surface area contributed by atoms with E-state index in [1.54, 1.807) is 12.0 Å². The van der Waals surface area contributed by atoms with Crippen LogP contribution in [0.1, 0.15) is 71.2 Å². The summed E-state index contributed by atoms with van der Waals surface area (Å²) in [5.74, 6) is 0.856. The number of halogens is 1. The van der Waals surface area contributed by atoms with Crippen LogP contribution < -0.4 is 9.64 Å². The third kappa shape index (κ3) is 7.84. The number of carbonyl (C=O) groups excluding carboxylic acids is 1. The molecule has 44 heavy (non-hydrogen) atoms. The minimum Gasteiger partial charge on any atom is -0.434 e. The molecule has 11 heteroatoms. The van der Waals surface area contributed by atoms with Crippen molar-refractivity contribution in [3.8, 4) is 11.6 Å². The number of aromatic nitrogens is 3. The van der Waals surface area contributed by atoms with E-state index < -0.39 is 5.82 Å². The molecule has 0 saturated carbocycles. The van der Waals surface area contributed by atoms with E-state index >= 15 is 0 Å². The Hall–Kier alpha value is -2.89. The molecule has 2 saturated heterocycles. The highest BCUT2D eigenvalue weighted by Gasteiger charge is 2.50. The van der Waals surface area contributed by atoms with E-state index in [2.05, 4.69) is 57.7 Å². The number of likely N-dealkylation sites (N-methyl/N-ethyl adjacent to an activating group) is 1. The van der Waals surface area contributed by atoms with Crippen LogP contribution in [0.5, 0.6) is 11.6 Å². The molecule has 3 heterocycles. The van der Waals surface area contributed by atoms with Gasteiger partial charge in [0.2, 0.25) is 0 Å². The second kappa shape index (κ2) is 14.9. The first-order chi connectivity index (χ1) is 21.0. The van der Waals surface area contributed by atoms with Crippen molar-refractivity contribution in [2.75, 3.05) is 64.9 Å². The highest BCUT2D eigenvalue weighted by atomic mass is 19.1. The van der Waals surface area contributed by atoms with Gasteiger partial charge in [0, 0.05) is 69.9 Å². The normalized spacial score (nSPS) is 17.9. The van der Waals surface area contributed by atoms with Crippen molar-refractivity contribution >= 4 is 11.7 Å². The highest BCUT2D eigenvalue weighted by Crippen LogP contribution is 2.44. The maximum atomic E-state index is 14.3. The molecule has 0 aliphatic carbocycles. The zero-order valence-corrected chi connectivity index (χ0v) is 27.9. The van der Waals surface area contributed by atoms with Crippen molar-refractivity contribution in [3.63, 3.8) is 0 Å². The van der Waals surface area contributed by atoms with E-state index in [1.807, 2.05) is 20.8 Å². The summed E-state index contributed by atoms with van der Waals surface area (Å²) < 4.78 is 25.7. The maximum absolute atomic E-state index is 14.3. The lowest BCUT2D eigenvalue weighted by Crippen LogP contribution is -2.62. The van der Waals surface area contributed by atoms with Crippen LogP contribution >= 0.6 is 0 Å². The highest BCUT2D eigenvalue weighted by molar-refractivity contribution is 5.97. The standard InChI is InChI=1S/C33H52FN7O3/c1-9-41(24(4)5)32(42)27-18-26(34)11-13-29(27)44-31-30(35-22-36-37-31)39-15-14-33(19-39)20-40(21-33)28(23(2)3)12-10-25(6)38(7)16-17-43-8/h11,13,18,22-25,28H,9-10,12,14-17,19-21H2,1-8H3/t25?,28-/m1/s1. The number of methoxy groups -OCH3 is 1. The van der Waals surface area contributed by atoms with E-state index in [9.17, 15) is 9.18 Å². The molecule has 2 fully saturated rings. The number of carbonyl (C=O) groups is 1. The third-order valence-corrected chi connectivity index (χ3v) is 9.51. The van der Waals surface area contributed by atoms with E-state index in [0.29, 0.717) is 30.4 Å². The van der Waals surface area contributed by atoms with Gasteiger partial charge in [-0.1, -0.05) is 13.8 Å². The molecule has 244 valence electrons. The Morgan fingerprint density at radius 2 is 1.89 bits per heavy atom. The van der Waals surface area contributed by atoms with Gasteiger partial charge in [-0.15, -0.1) is 10.2 Å². The Morgan fingerprint density at radius 3 is 2.55 bits per heavy atom. The molecular weight excluding hydrogens is 561 g/mol. The van der Waals surface area contributed by atoms with Gasteiger partial charge in [-0.05, 0) is 78.1 Å². The fourth-order valence-electron chi connectivity index (χ4n) is 6.75. The van der Waals surface area contributed by atoms with Crippen LogP contribution in [-0.2, 0) is 4.74 Å². The van der Waals surface area contributed by atoms with Crippen molar-refractivity contribution in [3.05, 3.63) is 35.9 Å². The van der Waals surface area contributed by atoms with Gasteiger partial charge in [-0.25, -0.2) is 9.37 Å². The molecule has 1 unspecified atom stereocenters. The predicted molar refractivity (Wildman–Crippen MR) is 171 cm³/mol. The first kappa shape index (κ1) is 34.0. The Morgan fingerprint density at radius 1 is 1.14 bits per heavy atom. The maximum Gasteiger partial charge on any atom is 0.282 e. The van der Waals surface area contributed by atoms with Crippen LogP contribution in [0.25, 0.3) is 0 Å². The van der Waals surface area contributed by atoms with Gasteiger partial charge in [-0.3, -0.25) is 9.69 Å². The third-order valence-electron chi connectivity index (χ3n) is 9.51. The molecule has 10 nitrogen and oxygen atoms in total. The molecule has 2 atom stereocenters. The van der Waals surface area contributed by atoms with E-state index in [4.69, 9.17) is 9.47 Å². The second-order valence-electron chi connectivity index (χ2n) is 13.3. The number of rotatable bonds is 15. The molecule has 2 aliphatic heterocycles. The average molecular weight is 614 g/mol. The predicted octanol–water partition coefficient (Wildman–Crippen LogP) is 4.96. The summed E-state index contributed by atoms with van der Waals surface area (Å²) in [6.45, 7) is 18.8. The van der Waals surface area contributed by atoms with E-state index in [0.717, 1.165) is 52.2 Å². The summed E-state index contributed by atoms with van der Waals surface area (Å²) >= 11 is 0. The van der Waals surface area contributed by atoms with Gasteiger partial charge >= 0.3 is 0 Å². The molecule has 2 aromatic rings. The van der Waals surface area contributed by atoms with Crippen molar-refractivity contribution in [2.45, 2.75) is 78.9 Å². The first-order valence-electron chi connectivity index (χ1n) is 16.1. The van der Waals surface area contributed by atoms with Crippen molar-refractivity contribution < 1.29 is 18.7 Å². The summed E-state index contributed by atoms with van der Waals surface area (Å²) in [5.41, 5.74) is 0.357. The van der Waals surface area contributed by atoms with Crippen LogP contribution in [0.3, 0.4) is 0 Å². The number of hydrogen-bond donors (Lipinski definition) is 0. The zero-order valence-electron chi connectivity index (χ0n) is 27.9. The van der Waals surface area contributed by atoms with E-state index in [-0.39, 0.29) is 34.6 Å². The Labute approximate surface area is 262 Å². The molecule has 0 bridgehead atoms. The number of benzene rings is 1. The molecule has 1 aromatic heterocycles. The summed E-state index contributed by atoms with van der Waals surface area (Å²) in [6, 6.07) is 5.02. The average Bonchev–Trinajstić information content (AvgIpc) is 3.42. The Kier molecular flexibility index (Phi) is 11.5. The van der Waals surface area contributed by atoms with Crippen LogP contribution in [0.4, 0.5) is 10.2 Å². The van der Waals surface area contributed by atoms with Gasteiger partial charge in [0.25, 0.3) is 11.8 Å². The molecule has 1 amide bonds. The Balaban J connectivity index is 1.42. The molecule has 2 aliphatic rings. The summed E-state index contributed by atoms with van der Waals surface area (Å²) in [6.07, 6.45) is 4.82. The molecular formula is C33H52FN7O3. The van der Waals surface area contributed by atoms with Crippen LogP contribution in [0, 0.1) is 17.2 Å². The number of ether oxygens (including phenoxy) is 2. The monoisotopic (exact) mass is 613 g/mol. The second-order valence-corrected chi connectivity index (χ2v) is 13.3. The number of anilines is 1. The van der Waals surface area contributed by atoms with E-state index in [1.165, 1.54) is 30.9 Å². The number of likely N-dealkylation sites (tertiary alicyclic amines) is 1. The Bertz CT molecular complexity index is 1240. The van der Waals surface area contributed by atoms with Gasteiger partial charge in [0.15, 0.2) is 5.82 Å². The van der Waals surface area contributed by atoms with Gasteiger partial charge in [-0.2, -0.15) is 0 Å². The van der Waals surface area contributed by atoms with Crippen molar-refractivity contribution in [2.24, 2.45) is 11.3 Å². The summed E-state index contributed by atoms with van der Waals surface area (Å²) in [7, 11) is 3.94. The number of amides is 1. The minimum absolute atomic E-state index is 0.0406. The molecule has 0 N–H and O–H groups in total. The van der Waals surface area contributed by atoms with Crippen LogP contribution in [-0.4, -0.2) is 114 Å². The lowest BCUT2D eigenvalue weighted by Gasteiger charge is -2.53. The number of nitrogens with zero attached hydrogens (tertiary/aromatic N) is 7. The SMILES string of the molecule is CCN(C(=O)c1cc(F)ccc1Oc1nncnc1N1CCC2(C1)CN([C@H](CCC(C)N(C)CCOC)C(C)C)C2)C(C)C. The molecule has 0 radical (unpaired) electrons. The first-order valence-corrected chi connectivity index (χ1v) is 16.1. The zero-order chi connectivity index (χ0) is 32.0. The molecule has 1 aromatic carbocycles. The minimum atomic E-state index is -0.499. The fraction of sp³-hybridized carbons (Fsp3) is 0.697. The number of hydrogen-bond acceptors (Lipinski definition) is 9. The van der Waals surface area contributed by atoms with Gasteiger partial charge in [0.05, 0.1) is 12.2 Å². The summed E-state index contributed by atoms with van der Waals surface area (Å²) in [4.78, 5) is 26.8.